The molecule has 2 atom stereocenters. The maximum Gasteiger partial charge on any atom is 0.352 e. The fourth-order valence-electron chi connectivity index (χ4n) is 3.87. The molecule has 3 N–H and O–H groups in total. The lowest BCUT2D eigenvalue weighted by molar-refractivity contribution is 0.0681. The summed E-state index contributed by atoms with van der Waals surface area (Å²) in [6.07, 6.45) is 2.87. The Kier molecular flexibility index (Phi) is 3.25. The lowest BCUT2D eigenvalue weighted by Crippen LogP contribution is -2.32. The van der Waals surface area contributed by atoms with Crippen molar-refractivity contribution in [2.75, 3.05) is 13.2 Å². The van der Waals surface area contributed by atoms with Crippen molar-refractivity contribution in [2.45, 2.75) is 37.8 Å². The Morgan fingerprint density at radius 1 is 1.35 bits per heavy atom. The van der Waals surface area contributed by atoms with Crippen molar-refractivity contribution in [2.24, 2.45) is 11.7 Å². The molecule has 2 heterocycles. The van der Waals surface area contributed by atoms with E-state index in [2.05, 4.69) is 19.1 Å². The van der Waals surface area contributed by atoms with Crippen LogP contribution in [-0.4, -0.2) is 28.9 Å². The number of hydrogen-bond acceptors (Lipinski definition) is 3. The molecule has 1 aliphatic carbocycles. The highest BCUT2D eigenvalue weighted by Gasteiger charge is 2.51. The molecule has 0 radical (unpaired) electrons. The van der Waals surface area contributed by atoms with Crippen LogP contribution in [-0.2, 0) is 10.4 Å². The van der Waals surface area contributed by atoms with E-state index >= 15 is 0 Å². The third-order valence-corrected chi connectivity index (χ3v) is 5.48. The van der Waals surface area contributed by atoms with Crippen molar-refractivity contribution in [3.63, 3.8) is 0 Å². The summed E-state index contributed by atoms with van der Waals surface area (Å²) in [7, 11) is 0. The number of carboxylic acid groups (broad SMARTS) is 1. The summed E-state index contributed by atoms with van der Waals surface area (Å²) in [5.74, 6) is -0.124. The van der Waals surface area contributed by atoms with E-state index in [9.17, 15) is 9.90 Å². The van der Waals surface area contributed by atoms with Gasteiger partial charge in [-0.2, -0.15) is 0 Å². The molecular formula is C18H22N2O3. The number of aromatic nitrogens is 1. The molecule has 0 amide bonds. The monoisotopic (exact) mass is 314 g/mol. The van der Waals surface area contributed by atoms with Crippen LogP contribution in [0, 0.1) is 5.92 Å². The molecule has 23 heavy (non-hydrogen) atoms. The number of ether oxygens (including phenoxy) is 1. The van der Waals surface area contributed by atoms with E-state index in [4.69, 9.17) is 10.5 Å². The maximum atomic E-state index is 11.7. The minimum atomic E-state index is -0.919. The fraction of sp³-hybridized carbons (Fsp3) is 0.500. The molecule has 0 spiro atoms. The van der Waals surface area contributed by atoms with E-state index in [0.717, 1.165) is 43.4 Å². The number of hydrogen-bond donors (Lipinski definition) is 2. The molecule has 5 nitrogen and oxygen atoms in total. The van der Waals surface area contributed by atoms with Gasteiger partial charge in [-0.1, -0.05) is 13.0 Å². The predicted molar refractivity (Wildman–Crippen MR) is 87.6 cm³/mol. The third kappa shape index (κ3) is 2.26. The van der Waals surface area contributed by atoms with E-state index in [1.54, 1.807) is 6.07 Å². The Morgan fingerprint density at radius 3 is 2.65 bits per heavy atom. The minimum absolute atomic E-state index is 0.288. The molecule has 1 aromatic carbocycles. The topological polar surface area (TPSA) is 77.5 Å². The Hall–Kier alpha value is -1.85. The minimum Gasteiger partial charge on any atom is -0.477 e. The molecule has 0 bridgehead atoms. The third-order valence-electron chi connectivity index (χ3n) is 5.48. The number of rotatable bonds is 3. The molecule has 1 unspecified atom stereocenters. The molecule has 5 heteroatoms. The maximum absolute atomic E-state index is 11.7. The van der Waals surface area contributed by atoms with Crippen molar-refractivity contribution < 1.29 is 14.6 Å². The second kappa shape index (κ2) is 5.08. The summed E-state index contributed by atoms with van der Waals surface area (Å²) in [6.45, 7) is 3.66. The molecule has 122 valence electrons. The van der Waals surface area contributed by atoms with Gasteiger partial charge in [0, 0.05) is 18.6 Å². The van der Waals surface area contributed by atoms with Gasteiger partial charge in [-0.15, -0.1) is 0 Å². The van der Waals surface area contributed by atoms with Crippen molar-refractivity contribution in [1.29, 1.82) is 0 Å². The van der Waals surface area contributed by atoms with Gasteiger partial charge >= 0.3 is 5.97 Å². The quantitative estimate of drug-likeness (QED) is 0.913. The van der Waals surface area contributed by atoms with Gasteiger partial charge in [0.15, 0.2) is 0 Å². The summed E-state index contributed by atoms with van der Waals surface area (Å²) in [5, 5.41) is 10.5. The van der Waals surface area contributed by atoms with Gasteiger partial charge in [0.1, 0.15) is 5.69 Å². The van der Waals surface area contributed by atoms with Crippen LogP contribution in [0.25, 0.3) is 10.9 Å². The summed E-state index contributed by atoms with van der Waals surface area (Å²) < 4.78 is 7.25. The molecular weight excluding hydrogens is 292 g/mol. The van der Waals surface area contributed by atoms with Crippen LogP contribution in [0.5, 0.6) is 0 Å². The fourth-order valence-corrected chi connectivity index (χ4v) is 3.87. The second-order valence-electron chi connectivity index (χ2n) is 6.97. The van der Waals surface area contributed by atoms with Crippen molar-refractivity contribution in [3.05, 3.63) is 35.5 Å². The van der Waals surface area contributed by atoms with Crippen molar-refractivity contribution in [3.8, 4) is 0 Å². The lowest BCUT2D eigenvalue weighted by Gasteiger charge is -2.23. The van der Waals surface area contributed by atoms with Gasteiger partial charge in [0.2, 0.25) is 0 Å². The smallest absolute Gasteiger partial charge is 0.352 e. The first-order chi connectivity index (χ1) is 11.0. The SMILES string of the molecule is C[C@H]1CC1(N)n1c(C(=O)O)cc2cc(C3CCOCC3)ccc21. The first-order valence-corrected chi connectivity index (χ1v) is 8.26. The summed E-state index contributed by atoms with van der Waals surface area (Å²) in [4.78, 5) is 11.7. The molecule has 4 rings (SSSR count). The first kappa shape index (κ1) is 14.7. The molecule has 1 saturated carbocycles. The number of aromatic carboxylic acids is 1. The van der Waals surface area contributed by atoms with Crippen molar-refractivity contribution in [1.82, 2.24) is 4.57 Å². The number of carbonyl (C=O) groups is 1. The highest BCUT2D eigenvalue weighted by Crippen LogP contribution is 2.48. The van der Waals surface area contributed by atoms with Gasteiger partial charge < -0.3 is 20.1 Å². The normalized spacial score (nSPS) is 28.2. The van der Waals surface area contributed by atoms with E-state index < -0.39 is 11.6 Å². The van der Waals surface area contributed by atoms with Crippen LogP contribution >= 0.6 is 0 Å². The summed E-state index contributed by atoms with van der Waals surface area (Å²) >= 11 is 0. The van der Waals surface area contributed by atoms with Crippen LogP contribution in [0.4, 0.5) is 0 Å². The largest absolute Gasteiger partial charge is 0.477 e. The van der Waals surface area contributed by atoms with Crippen LogP contribution in [0.2, 0.25) is 0 Å². The lowest BCUT2D eigenvalue weighted by atomic mass is 9.91. The van der Waals surface area contributed by atoms with Crippen LogP contribution in [0.1, 0.15) is 48.2 Å². The molecule has 1 aliphatic heterocycles. The van der Waals surface area contributed by atoms with Gasteiger partial charge in [0.25, 0.3) is 0 Å². The van der Waals surface area contributed by atoms with Gasteiger partial charge in [0.05, 0.1) is 11.2 Å². The molecule has 1 saturated heterocycles. The first-order valence-electron chi connectivity index (χ1n) is 8.26. The Balaban J connectivity index is 1.82. The zero-order chi connectivity index (χ0) is 16.2. The second-order valence-corrected chi connectivity index (χ2v) is 6.97. The Bertz CT molecular complexity index is 776. The molecule has 2 fully saturated rings. The molecule has 1 aromatic heterocycles. The number of nitrogens with two attached hydrogens (primary N) is 1. The highest BCUT2D eigenvalue weighted by molar-refractivity contribution is 5.95. The van der Waals surface area contributed by atoms with E-state index in [1.165, 1.54) is 5.56 Å². The zero-order valence-corrected chi connectivity index (χ0v) is 13.3. The number of nitrogens with zero attached hydrogens (tertiary/aromatic N) is 1. The van der Waals surface area contributed by atoms with Crippen LogP contribution in [0.15, 0.2) is 24.3 Å². The summed E-state index contributed by atoms with van der Waals surface area (Å²) in [5.41, 5.74) is 8.34. The zero-order valence-electron chi connectivity index (χ0n) is 13.3. The predicted octanol–water partition coefficient (Wildman–Crippen LogP) is 2.88. The average molecular weight is 314 g/mol. The van der Waals surface area contributed by atoms with Gasteiger partial charge in [-0.25, -0.2) is 4.79 Å². The summed E-state index contributed by atoms with van der Waals surface area (Å²) in [6, 6.07) is 8.05. The average Bonchev–Trinajstić information content (AvgIpc) is 2.98. The number of fused-ring (bicyclic) bond motifs is 1. The Labute approximate surface area is 135 Å². The number of carboxylic acids is 1. The van der Waals surface area contributed by atoms with Crippen molar-refractivity contribution >= 4 is 16.9 Å². The number of benzene rings is 1. The van der Waals surface area contributed by atoms with Gasteiger partial charge in [-0.05, 0) is 54.9 Å². The molecule has 2 aromatic rings. The standard InChI is InChI=1S/C18H22N2O3/c1-11-10-18(11,19)20-15-3-2-13(12-4-6-23-7-5-12)8-14(15)9-16(20)17(21)22/h2-3,8-9,11-12H,4-7,10,19H2,1H3,(H,21,22)/t11-,18?/m0/s1. The van der Waals surface area contributed by atoms with E-state index in [-0.39, 0.29) is 5.69 Å². The van der Waals surface area contributed by atoms with Crippen LogP contribution in [0.3, 0.4) is 0 Å². The van der Waals surface area contributed by atoms with E-state index in [0.29, 0.717) is 11.8 Å². The Morgan fingerprint density at radius 2 is 2.04 bits per heavy atom. The van der Waals surface area contributed by atoms with Crippen LogP contribution < -0.4 is 5.73 Å². The van der Waals surface area contributed by atoms with Gasteiger partial charge in [-0.3, -0.25) is 0 Å². The van der Waals surface area contributed by atoms with E-state index in [1.807, 2.05) is 10.6 Å². The highest BCUT2D eigenvalue weighted by atomic mass is 16.5. The molecule has 2 aliphatic rings.